The third-order valence-corrected chi connectivity index (χ3v) is 3.55. The molecule has 0 bridgehead atoms. The first kappa shape index (κ1) is 13.0. The van der Waals surface area contributed by atoms with Crippen molar-refractivity contribution in [1.82, 2.24) is 0 Å². The molecular weight excluding hydrogens is 238 g/mol. The van der Waals surface area contributed by atoms with Gasteiger partial charge in [0, 0.05) is 6.54 Å². The summed E-state index contributed by atoms with van der Waals surface area (Å²) in [6, 6.07) is 3.47. The van der Waals surface area contributed by atoms with Gasteiger partial charge >= 0.3 is 0 Å². The zero-order valence-electron chi connectivity index (χ0n) is 10.2. The van der Waals surface area contributed by atoms with E-state index in [0.29, 0.717) is 18.8 Å². The summed E-state index contributed by atoms with van der Waals surface area (Å²) in [5.74, 6) is -1.53. The zero-order chi connectivity index (χ0) is 13.3. The second-order valence-electron chi connectivity index (χ2n) is 5.05. The lowest BCUT2D eigenvalue weighted by Gasteiger charge is -2.44. The predicted molar refractivity (Wildman–Crippen MR) is 64.9 cm³/mol. The summed E-state index contributed by atoms with van der Waals surface area (Å²) in [4.78, 5) is 12.1. The molecule has 0 atom stereocenters. The third kappa shape index (κ3) is 2.10. The van der Waals surface area contributed by atoms with Gasteiger partial charge in [0.25, 0.3) is 0 Å². The van der Waals surface area contributed by atoms with Crippen LogP contribution in [0, 0.1) is 23.0 Å². The topological polar surface area (TPSA) is 55.1 Å². The number of rotatable bonds is 3. The first-order valence-corrected chi connectivity index (χ1v) is 5.94. The van der Waals surface area contributed by atoms with Crippen molar-refractivity contribution in [2.24, 2.45) is 17.1 Å². The molecule has 1 aromatic carbocycles. The highest BCUT2D eigenvalue weighted by Crippen LogP contribution is 2.45. The zero-order valence-corrected chi connectivity index (χ0v) is 10.2. The molecule has 18 heavy (non-hydrogen) atoms. The first-order chi connectivity index (χ1) is 8.48. The Hall–Kier alpha value is -1.49. The van der Waals surface area contributed by atoms with Crippen molar-refractivity contribution in [3.05, 3.63) is 29.8 Å². The van der Waals surface area contributed by atoms with Crippen molar-refractivity contribution in [2.75, 3.05) is 11.9 Å². The Bertz CT molecular complexity index is 450. The molecule has 1 aliphatic rings. The van der Waals surface area contributed by atoms with Gasteiger partial charge < -0.3 is 11.1 Å². The maximum Gasteiger partial charge on any atom is 0.232 e. The minimum atomic E-state index is -0.775. The van der Waals surface area contributed by atoms with Crippen LogP contribution >= 0.6 is 0 Å². The van der Waals surface area contributed by atoms with Crippen molar-refractivity contribution >= 4 is 11.6 Å². The molecule has 0 aliphatic heterocycles. The van der Waals surface area contributed by atoms with E-state index in [1.165, 1.54) is 6.07 Å². The summed E-state index contributed by atoms with van der Waals surface area (Å²) < 4.78 is 26.8. The molecule has 3 N–H and O–H groups in total. The average Bonchev–Trinajstić information content (AvgIpc) is 2.29. The van der Waals surface area contributed by atoms with E-state index in [1.54, 1.807) is 0 Å². The first-order valence-electron chi connectivity index (χ1n) is 5.94. The predicted octanol–water partition coefficient (Wildman–Crippen LogP) is 2.28. The van der Waals surface area contributed by atoms with Crippen molar-refractivity contribution in [1.29, 1.82) is 0 Å². The molecule has 1 saturated carbocycles. The number of halogens is 2. The van der Waals surface area contributed by atoms with E-state index in [-0.39, 0.29) is 6.54 Å². The lowest BCUT2D eigenvalue weighted by molar-refractivity contribution is -0.132. The van der Waals surface area contributed by atoms with Crippen LogP contribution in [0.3, 0.4) is 0 Å². The summed E-state index contributed by atoms with van der Waals surface area (Å²) in [6.45, 7) is 2.21. The minimum Gasteiger partial charge on any atom is -0.329 e. The van der Waals surface area contributed by atoms with Crippen LogP contribution in [-0.2, 0) is 4.79 Å². The number of carbonyl (C=O) groups excluding carboxylic acids is 1. The van der Waals surface area contributed by atoms with E-state index in [9.17, 15) is 13.6 Å². The number of para-hydroxylation sites is 1. The number of anilines is 1. The fourth-order valence-corrected chi connectivity index (χ4v) is 2.58. The van der Waals surface area contributed by atoms with E-state index in [2.05, 4.69) is 5.32 Å². The van der Waals surface area contributed by atoms with Crippen molar-refractivity contribution in [3.8, 4) is 0 Å². The van der Waals surface area contributed by atoms with Gasteiger partial charge in [0.05, 0.1) is 5.41 Å². The average molecular weight is 254 g/mol. The maximum absolute atomic E-state index is 13.4. The van der Waals surface area contributed by atoms with E-state index in [1.807, 2.05) is 6.92 Å². The number of hydrogen-bond donors (Lipinski definition) is 2. The van der Waals surface area contributed by atoms with Crippen LogP contribution in [0.15, 0.2) is 18.2 Å². The number of hydrogen-bond acceptors (Lipinski definition) is 2. The van der Waals surface area contributed by atoms with Gasteiger partial charge in [0.2, 0.25) is 5.91 Å². The molecule has 3 nitrogen and oxygen atoms in total. The van der Waals surface area contributed by atoms with Crippen LogP contribution in [-0.4, -0.2) is 12.5 Å². The van der Waals surface area contributed by atoms with Gasteiger partial charge in [-0.25, -0.2) is 8.78 Å². The van der Waals surface area contributed by atoms with E-state index >= 15 is 0 Å². The quantitative estimate of drug-likeness (QED) is 0.869. The van der Waals surface area contributed by atoms with Crippen LogP contribution in [0.25, 0.3) is 0 Å². The highest BCUT2D eigenvalue weighted by atomic mass is 19.1. The molecule has 0 saturated heterocycles. The summed E-state index contributed by atoms with van der Waals surface area (Å²) in [7, 11) is 0. The molecule has 98 valence electrons. The Morgan fingerprint density at radius 1 is 1.44 bits per heavy atom. The van der Waals surface area contributed by atoms with Crippen molar-refractivity contribution in [3.63, 3.8) is 0 Å². The smallest absolute Gasteiger partial charge is 0.232 e. The third-order valence-electron chi connectivity index (χ3n) is 3.55. The van der Waals surface area contributed by atoms with E-state index < -0.39 is 28.6 Å². The minimum absolute atomic E-state index is 0.194. The SMILES string of the molecule is CC1CC(CN)(C(=O)Nc2c(F)cccc2F)C1. The molecule has 0 radical (unpaired) electrons. The van der Waals surface area contributed by atoms with Gasteiger partial charge in [0.15, 0.2) is 0 Å². The molecule has 2 rings (SSSR count). The Morgan fingerprint density at radius 3 is 2.44 bits per heavy atom. The van der Waals surface area contributed by atoms with Gasteiger partial charge in [-0.05, 0) is 30.9 Å². The van der Waals surface area contributed by atoms with Gasteiger partial charge in [-0.3, -0.25) is 4.79 Å². The highest BCUT2D eigenvalue weighted by molar-refractivity contribution is 5.96. The molecule has 5 heteroatoms. The Kier molecular flexibility index (Phi) is 3.34. The molecule has 1 aliphatic carbocycles. The Balaban J connectivity index is 2.17. The Labute approximate surface area is 104 Å². The van der Waals surface area contributed by atoms with Gasteiger partial charge in [-0.1, -0.05) is 13.0 Å². The van der Waals surface area contributed by atoms with Crippen molar-refractivity contribution < 1.29 is 13.6 Å². The number of nitrogens with two attached hydrogens (primary N) is 1. The molecule has 1 aromatic rings. The largest absolute Gasteiger partial charge is 0.329 e. The summed E-state index contributed by atoms with van der Waals surface area (Å²) >= 11 is 0. The number of nitrogens with one attached hydrogen (secondary N) is 1. The fourth-order valence-electron chi connectivity index (χ4n) is 2.58. The van der Waals surface area contributed by atoms with E-state index in [0.717, 1.165) is 12.1 Å². The lowest BCUT2D eigenvalue weighted by atomic mass is 9.62. The summed E-state index contributed by atoms with van der Waals surface area (Å²) in [6.07, 6.45) is 1.32. The van der Waals surface area contributed by atoms with Crippen LogP contribution in [0.5, 0.6) is 0 Å². The summed E-state index contributed by atoms with van der Waals surface area (Å²) in [5.41, 5.74) is 4.55. The van der Waals surface area contributed by atoms with Crippen LogP contribution in [0.2, 0.25) is 0 Å². The normalized spacial score (nSPS) is 26.6. The van der Waals surface area contributed by atoms with Gasteiger partial charge in [0.1, 0.15) is 17.3 Å². The molecule has 0 heterocycles. The second kappa shape index (κ2) is 4.65. The maximum atomic E-state index is 13.4. The molecule has 0 spiro atoms. The van der Waals surface area contributed by atoms with Gasteiger partial charge in [-0.15, -0.1) is 0 Å². The highest BCUT2D eigenvalue weighted by Gasteiger charge is 2.47. The Morgan fingerprint density at radius 2 is 2.00 bits per heavy atom. The van der Waals surface area contributed by atoms with Gasteiger partial charge in [-0.2, -0.15) is 0 Å². The van der Waals surface area contributed by atoms with Crippen LogP contribution in [0.1, 0.15) is 19.8 Å². The van der Waals surface area contributed by atoms with E-state index in [4.69, 9.17) is 5.73 Å². The molecular formula is C13H16F2N2O. The molecule has 0 aromatic heterocycles. The molecule has 0 unspecified atom stereocenters. The van der Waals surface area contributed by atoms with Crippen LogP contribution in [0.4, 0.5) is 14.5 Å². The van der Waals surface area contributed by atoms with Crippen molar-refractivity contribution in [2.45, 2.75) is 19.8 Å². The number of carbonyl (C=O) groups is 1. The summed E-state index contributed by atoms with van der Waals surface area (Å²) in [5, 5.41) is 2.32. The fraction of sp³-hybridized carbons (Fsp3) is 0.462. The van der Waals surface area contributed by atoms with Crippen LogP contribution < -0.4 is 11.1 Å². The standard InChI is InChI=1S/C13H16F2N2O/c1-8-5-13(6-8,7-16)12(18)17-11-9(14)3-2-4-10(11)15/h2-4,8H,5-7,16H2,1H3,(H,17,18). The number of benzene rings is 1. The molecule has 1 fully saturated rings. The second-order valence-corrected chi connectivity index (χ2v) is 5.05. The monoisotopic (exact) mass is 254 g/mol. The molecule has 1 amide bonds. The lowest BCUT2D eigenvalue weighted by Crippen LogP contribution is -2.51. The number of amides is 1.